The zero-order chi connectivity index (χ0) is 14.8. The Labute approximate surface area is 121 Å². The molecule has 0 saturated carbocycles. The summed E-state index contributed by atoms with van der Waals surface area (Å²) in [6, 6.07) is 8.47. The molecule has 1 aliphatic rings. The lowest BCUT2D eigenvalue weighted by Crippen LogP contribution is -2.46. The van der Waals surface area contributed by atoms with E-state index in [0.717, 1.165) is 24.6 Å². The van der Waals surface area contributed by atoms with E-state index in [1.807, 2.05) is 6.07 Å². The van der Waals surface area contributed by atoms with Crippen LogP contribution < -0.4 is 5.63 Å². The number of amides is 1. The van der Waals surface area contributed by atoms with E-state index in [1.54, 1.807) is 29.2 Å². The summed E-state index contributed by atoms with van der Waals surface area (Å²) in [6.07, 6.45) is 2.64. The van der Waals surface area contributed by atoms with Crippen LogP contribution in [0.4, 0.5) is 0 Å². The van der Waals surface area contributed by atoms with Gasteiger partial charge in [-0.1, -0.05) is 18.2 Å². The fourth-order valence-electron chi connectivity index (χ4n) is 2.82. The highest BCUT2D eigenvalue weighted by atomic mass is 16.4. The summed E-state index contributed by atoms with van der Waals surface area (Å²) >= 11 is 0. The molecule has 1 aromatic heterocycles. The molecule has 21 heavy (non-hydrogen) atoms. The largest absolute Gasteiger partial charge is 0.422 e. The molecule has 1 aromatic carbocycles. The van der Waals surface area contributed by atoms with E-state index in [9.17, 15) is 14.7 Å². The predicted molar refractivity (Wildman–Crippen MR) is 78.2 cm³/mol. The van der Waals surface area contributed by atoms with Crippen LogP contribution in [0.25, 0.3) is 11.0 Å². The Morgan fingerprint density at radius 2 is 2.14 bits per heavy atom. The first-order chi connectivity index (χ1) is 10.2. The van der Waals surface area contributed by atoms with Crippen molar-refractivity contribution in [3.05, 3.63) is 46.3 Å². The first kappa shape index (κ1) is 13.8. The first-order valence-corrected chi connectivity index (χ1v) is 7.15. The lowest BCUT2D eigenvalue weighted by Gasteiger charge is -2.34. The molecule has 2 heterocycles. The molecule has 1 saturated heterocycles. The van der Waals surface area contributed by atoms with Gasteiger partial charge in [-0.3, -0.25) is 4.79 Å². The van der Waals surface area contributed by atoms with E-state index in [1.165, 1.54) is 0 Å². The highest BCUT2D eigenvalue weighted by Crippen LogP contribution is 2.20. The second kappa shape index (κ2) is 5.69. The first-order valence-electron chi connectivity index (χ1n) is 7.15. The summed E-state index contributed by atoms with van der Waals surface area (Å²) in [4.78, 5) is 26.2. The Morgan fingerprint density at radius 1 is 1.33 bits per heavy atom. The minimum Gasteiger partial charge on any atom is -0.422 e. The molecule has 5 heteroatoms. The van der Waals surface area contributed by atoms with Gasteiger partial charge >= 0.3 is 5.63 Å². The summed E-state index contributed by atoms with van der Waals surface area (Å²) in [5, 5.41) is 10.1. The van der Waals surface area contributed by atoms with E-state index in [0.29, 0.717) is 12.1 Å². The van der Waals surface area contributed by atoms with Crippen LogP contribution in [0.5, 0.6) is 0 Å². The van der Waals surface area contributed by atoms with E-state index in [4.69, 9.17) is 4.42 Å². The van der Waals surface area contributed by atoms with Crippen LogP contribution in [0.15, 0.2) is 39.5 Å². The molecule has 5 nitrogen and oxygen atoms in total. The van der Waals surface area contributed by atoms with Gasteiger partial charge in [-0.05, 0) is 31.4 Å². The molecule has 1 fully saturated rings. The molecule has 0 radical (unpaired) electrons. The molecule has 0 spiro atoms. The Bertz CT molecular complexity index is 722. The van der Waals surface area contributed by atoms with Crippen LogP contribution in [-0.4, -0.2) is 35.1 Å². The third-order valence-electron chi connectivity index (χ3n) is 3.97. The maximum absolute atomic E-state index is 12.6. The van der Waals surface area contributed by atoms with Crippen LogP contribution in [0, 0.1) is 0 Å². The summed E-state index contributed by atoms with van der Waals surface area (Å²) in [7, 11) is 0. The quantitative estimate of drug-likeness (QED) is 0.855. The van der Waals surface area contributed by atoms with E-state index < -0.39 is 5.63 Å². The highest BCUT2D eigenvalue weighted by Gasteiger charge is 2.28. The molecule has 0 bridgehead atoms. The number of para-hydroxylation sites is 1. The zero-order valence-corrected chi connectivity index (χ0v) is 11.6. The number of fused-ring (bicyclic) bond motifs is 1. The van der Waals surface area contributed by atoms with Crippen LogP contribution >= 0.6 is 0 Å². The monoisotopic (exact) mass is 287 g/mol. The average molecular weight is 287 g/mol. The Morgan fingerprint density at radius 3 is 2.95 bits per heavy atom. The number of hydrogen-bond donors (Lipinski definition) is 1. The highest BCUT2D eigenvalue weighted by molar-refractivity contribution is 5.96. The van der Waals surface area contributed by atoms with Gasteiger partial charge in [0.05, 0.1) is 12.6 Å². The Balaban J connectivity index is 2.00. The van der Waals surface area contributed by atoms with Gasteiger partial charge in [0.25, 0.3) is 5.91 Å². The minimum atomic E-state index is -0.624. The third kappa shape index (κ3) is 2.56. The molecule has 2 aromatic rings. The number of piperidine rings is 1. The lowest BCUT2D eigenvalue weighted by molar-refractivity contribution is 0.0499. The molecule has 110 valence electrons. The third-order valence-corrected chi connectivity index (χ3v) is 3.97. The Hall–Kier alpha value is -2.14. The van der Waals surface area contributed by atoms with Gasteiger partial charge in [0, 0.05) is 11.9 Å². The minimum absolute atomic E-state index is 0.0362. The number of carbonyl (C=O) groups is 1. The average Bonchev–Trinajstić information content (AvgIpc) is 2.53. The fourth-order valence-corrected chi connectivity index (χ4v) is 2.82. The maximum Gasteiger partial charge on any atom is 0.349 e. The van der Waals surface area contributed by atoms with Crippen molar-refractivity contribution < 1.29 is 14.3 Å². The fraction of sp³-hybridized carbons (Fsp3) is 0.375. The van der Waals surface area contributed by atoms with Crippen LogP contribution in [-0.2, 0) is 0 Å². The molecule has 1 atom stereocenters. The van der Waals surface area contributed by atoms with Crippen molar-refractivity contribution in [3.63, 3.8) is 0 Å². The Kier molecular flexibility index (Phi) is 3.75. The topological polar surface area (TPSA) is 70.8 Å². The second-order valence-electron chi connectivity index (χ2n) is 5.32. The molecule has 1 amide bonds. The number of aliphatic hydroxyl groups is 1. The summed E-state index contributed by atoms with van der Waals surface area (Å²) in [6.45, 7) is 0.487. The van der Waals surface area contributed by atoms with E-state index >= 15 is 0 Å². The normalized spacial score (nSPS) is 18.9. The lowest BCUT2D eigenvalue weighted by atomic mass is 10.0. The smallest absolute Gasteiger partial charge is 0.349 e. The molecule has 0 aliphatic carbocycles. The van der Waals surface area contributed by atoms with Gasteiger partial charge in [-0.2, -0.15) is 0 Å². The number of nitrogens with zero attached hydrogens (tertiary/aromatic N) is 1. The molecular weight excluding hydrogens is 270 g/mol. The van der Waals surface area contributed by atoms with Crippen molar-refractivity contribution >= 4 is 16.9 Å². The number of rotatable bonds is 2. The summed E-state index contributed by atoms with van der Waals surface area (Å²) in [5.41, 5.74) is -0.119. The van der Waals surface area contributed by atoms with Crippen LogP contribution in [0.2, 0.25) is 0 Å². The number of likely N-dealkylation sites (tertiary alicyclic amines) is 1. The van der Waals surface area contributed by atoms with Gasteiger partial charge in [-0.25, -0.2) is 4.79 Å². The van der Waals surface area contributed by atoms with Gasteiger partial charge in [0.2, 0.25) is 0 Å². The van der Waals surface area contributed by atoms with Crippen molar-refractivity contribution in [2.24, 2.45) is 0 Å². The van der Waals surface area contributed by atoms with E-state index in [-0.39, 0.29) is 24.1 Å². The molecular formula is C16H17NO4. The van der Waals surface area contributed by atoms with Crippen LogP contribution in [0.3, 0.4) is 0 Å². The van der Waals surface area contributed by atoms with Gasteiger partial charge in [0.15, 0.2) is 0 Å². The number of aliphatic hydroxyl groups excluding tert-OH is 1. The van der Waals surface area contributed by atoms with Crippen molar-refractivity contribution in [1.82, 2.24) is 4.90 Å². The maximum atomic E-state index is 12.6. The SMILES string of the molecule is O=C(c1cc2ccccc2oc1=O)N1CCCCC1CO. The molecule has 1 aliphatic heterocycles. The second-order valence-corrected chi connectivity index (χ2v) is 5.32. The summed E-state index contributed by atoms with van der Waals surface area (Å²) in [5.74, 6) is -0.353. The van der Waals surface area contributed by atoms with Gasteiger partial charge < -0.3 is 14.4 Å². The van der Waals surface area contributed by atoms with E-state index in [2.05, 4.69) is 0 Å². The van der Waals surface area contributed by atoms with Crippen molar-refractivity contribution in [1.29, 1.82) is 0 Å². The van der Waals surface area contributed by atoms with Crippen molar-refractivity contribution in [3.8, 4) is 0 Å². The van der Waals surface area contributed by atoms with Gasteiger partial charge in [0.1, 0.15) is 11.1 Å². The van der Waals surface area contributed by atoms with Crippen LogP contribution in [0.1, 0.15) is 29.6 Å². The number of carbonyl (C=O) groups excluding carboxylic acids is 1. The molecule has 1 N–H and O–H groups in total. The molecule has 3 rings (SSSR count). The van der Waals surface area contributed by atoms with Gasteiger partial charge in [-0.15, -0.1) is 0 Å². The number of benzene rings is 1. The van der Waals surface area contributed by atoms with Crippen molar-refractivity contribution in [2.75, 3.05) is 13.2 Å². The van der Waals surface area contributed by atoms with Crippen molar-refractivity contribution in [2.45, 2.75) is 25.3 Å². The summed E-state index contributed by atoms with van der Waals surface area (Å²) < 4.78 is 5.21. The zero-order valence-electron chi connectivity index (χ0n) is 11.6. The predicted octanol–water partition coefficient (Wildman–Crippen LogP) is 1.78. The molecule has 1 unspecified atom stereocenters. The number of hydrogen-bond acceptors (Lipinski definition) is 4. The standard InChI is InChI=1S/C16H17NO4/c18-10-12-6-3-4-8-17(12)15(19)13-9-11-5-1-2-7-14(11)21-16(13)20/h1-2,5,7,9,12,18H,3-4,6,8,10H2.